The van der Waals surface area contributed by atoms with E-state index in [1.807, 2.05) is 0 Å². The smallest absolute Gasteiger partial charge is 0.179 e. The van der Waals surface area contributed by atoms with E-state index in [0.717, 1.165) is 38.9 Å². The zero-order valence-corrected chi connectivity index (χ0v) is 12.1. The standard InChI is InChI=1S/C16H23FN2O/c1-2-11-19(13-7-9-18-10-8-13)12-16(20)14-5-3-4-6-15(14)17/h3-6,13,18H,2,7-12H2,1H3. The third-order valence-electron chi connectivity index (χ3n) is 3.86. The van der Waals surface area contributed by atoms with Crippen molar-refractivity contribution in [3.8, 4) is 0 Å². The van der Waals surface area contributed by atoms with Gasteiger partial charge in [-0.05, 0) is 51.0 Å². The van der Waals surface area contributed by atoms with E-state index in [4.69, 9.17) is 0 Å². The van der Waals surface area contributed by atoms with Crippen molar-refractivity contribution in [2.45, 2.75) is 32.2 Å². The minimum absolute atomic E-state index is 0.116. The van der Waals surface area contributed by atoms with Crippen molar-refractivity contribution in [1.29, 1.82) is 0 Å². The van der Waals surface area contributed by atoms with E-state index < -0.39 is 5.82 Å². The molecule has 0 aliphatic carbocycles. The van der Waals surface area contributed by atoms with Gasteiger partial charge in [-0.3, -0.25) is 9.69 Å². The lowest BCUT2D eigenvalue weighted by molar-refractivity contribution is 0.0861. The molecule has 1 aliphatic heterocycles. The first-order valence-electron chi connectivity index (χ1n) is 7.45. The maximum absolute atomic E-state index is 13.7. The predicted octanol–water partition coefficient (Wildman–Crippen LogP) is 2.47. The molecule has 0 saturated carbocycles. The lowest BCUT2D eigenvalue weighted by Crippen LogP contribution is -2.45. The van der Waals surface area contributed by atoms with E-state index in [2.05, 4.69) is 17.1 Å². The highest BCUT2D eigenvalue weighted by Crippen LogP contribution is 2.15. The summed E-state index contributed by atoms with van der Waals surface area (Å²) in [5.74, 6) is -0.533. The molecule has 0 atom stereocenters. The van der Waals surface area contributed by atoms with Gasteiger partial charge < -0.3 is 5.32 Å². The van der Waals surface area contributed by atoms with Gasteiger partial charge in [0.05, 0.1) is 12.1 Å². The number of halogens is 1. The highest BCUT2D eigenvalue weighted by molar-refractivity contribution is 5.97. The van der Waals surface area contributed by atoms with E-state index >= 15 is 0 Å². The number of nitrogens with zero attached hydrogens (tertiary/aromatic N) is 1. The molecule has 1 N–H and O–H groups in total. The Bertz CT molecular complexity index is 444. The summed E-state index contributed by atoms with van der Waals surface area (Å²) in [7, 11) is 0. The van der Waals surface area contributed by atoms with Crippen molar-refractivity contribution in [3.05, 3.63) is 35.6 Å². The molecule has 0 unspecified atom stereocenters. The van der Waals surface area contributed by atoms with Crippen LogP contribution in [0, 0.1) is 5.82 Å². The second-order valence-corrected chi connectivity index (χ2v) is 5.35. The minimum atomic E-state index is -0.417. The van der Waals surface area contributed by atoms with Crippen molar-refractivity contribution in [3.63, 3.8) is 0 Å². The van der Waals surface area contributed by atoms with E-state index in [-0.39, 0.29) is 11.3 Å². The summed E-state index contributed by atoms with van der Waals surface area (Å²) < 4.78 is 13.7. The van der Waals surface area contributed by atoms with Gasteiger partial charge in [0, 0.05) is 6.04 Å². The topological polar surface area (TPSA) is 32.3 Å². The van der Waals surface area contributed by atoms with Gasteiger partial charge in [-0.15, -0.1) is 0 Å². The van der Waals surface area contributed by atoms with Crippen molar-refractivity contribution >= 4 is 5.78 Å². The van der Waals surface area contributed by atoms with Crippen LogP contribution in [-0.4, -0.2) is 42.9 Å². The average molecular weight is 278 g/mol. The highest BCUT2D eigenvalue weighted by Gasteiger charge is 2.23. The molecular weight excluding hydrogens is 255 g/mol. The molecule has 20 heavy (non-hydrogen) atoms. The zero-order valence-electron chi connectivity index (χ0n) is 12.1. The quantitative estimate of drug-likeness (QED) is 0.811. The SMILES string of the molecule is CCCN(CC(=O)c1ccccc1F)C1CCNCC1. The summed E-state index contributed by atoms with van der Waals surface area (Å²) in [6.07, 6.45) is 3.13. The van der Waals surface area contributed by atoms with Crippen molar-refractivity contribution < 1.29 is 9.18 Å². The lowest BCUT2D eigenvalue weighted by atomic mass is 10.0. The van der Waals surface area contributed by atoms with Crippen LogP contribution < -0.4 is 5.32 Å². The molecule has 0 radical (unpaired) electrons. The third-order valence-corrected chi connectivity index (χ3v) is 3.86. The fourth-order valence-corrected chi connectivity index (χ4v) is 2.81. The Balaban J connectivity index is 2.03. The number of piperidine rings is 1. The second-order valence-electron chi connectivity index (χ2n) is 5.35. The number of ketones is 1. The number of hydrogen-bond acceptors (Lipinski definition) is 3. The van der Waals surface area contributed by atoms with Gasteiger partial charge in [0.2, 0.25) is 0 Å². The van der Waals surface area contributed by atoms with Crippen LogP contribution in [0.4, 0.5) is 4.39 Å². The van der Waals surface area contributed by atoms with E-state index in [1.165, 1.54) is 6.07 Å². The normalized spacial score (nSPS) is 16.6. The maximum Gasteiger partial charge on any atom is 0.179 e. The molecule has 0 bridgehead atoms. The Kier molecular flexibility index (Phi) is 5.68. The first-order chi connectivity index (χ1) is 9.72. The van der Waals surface area contributed by atoms with Crippen LogP contribution in [0.1, 0.15) is 36.5 Å². The molecule has 1 aliphatic rings. The highest BCUT2D eigenvalue weighted by atomic mass is 19.1. The van der Waals surface area contributed by atoms with Gasteiger partial charge in [-0.2, -0.15) is 0 Å². The molecule has 0 spiro atoms. The minimum Gasteiger partial charge on any atom is -0.317 e. The summed E-state index contributed by atoms with van der Waals surface area (Å²) in [4.78, 5) is 14.5. The van der Waals surface area contributed by atoms with Gasteiger partial charge in [0.25, 0.3) is 0 Å². The Morgan fingerprint density at radius 1 is 1.35 bits per heavy atom. The average Bonchev–Trinajstić information content (AvgIpc) is 2.48. The molecule has 1 saturated heterocycles. The molecule has 1 heterocycles. The summed E-state index contributed by atoms with van der Waals surface area (Å²) in [5.41, 5.74) is 0.211. The van der Waals surface area contributed by atoms with Gasteiger partial charge in [0.1, 0.15) is 5.82 Å². The number of benzene rings is 1. The number of rotatable bonds is 6. The fourth-order valence-electron chi connectivity index (χ4n) is 2.81. The zero-order chi connectivity index (χ0) is 14.4. The van der Waals surface area contributed by atoms with Crippen molar-refractivity contribution in [2.75, 3.05) is 26.2 Å². The first-order valence-corrected chi connectivity index (χ1v) is 7.45. The Morgan fingerprint density at radius 2 is 2.05 bits per heavy atom. The van der Waals surface area contributed by atoms with E-state index in [1.54, 1.807) is 18.2 Å². The molecule has 0 aromatic heterocycles. The van der Waals surface area contributed by atoms with Gasteiger partial charge in [-0.1, -0.05) is 19.1 Å². The van der Waals surface area contributed by atoms with E-state index in [9.17, 15) is 9.18 Å². The van der Waals surface area contributed by atoms with Crippen molar-refractivity contribution in [1.82, 2.24) is 10.2 Å². The molecule has 110 valence electrons. The Labute approximate surface area is 120 Å². The third kappa shape index (κ3) is 3.87. The number of carbonyl (C=O) groups excluding carboxylic acids is 1. The largest absolute Gasteiger partial charge is 0.317 e. The number of nitrogens with one attached hydrogen (secondary N) is 1. The van der Waals surface area contributed by atoms with Gasteiger partial charge in [0.15, 0.2) is 5.78 Å². The van der Waals surface area contributed by atoms with Crippen LogP contribution in [0.3, 0.4) is 0 Å². The Morgan fingerprint density at radius 3 is 2.70 bits per heavy atom. The Hall–Kier alpha value is -1.26. The van der Waals surface area contributed by atoms with Gasteiger partial charge >= 0.3 is 0 Å². The van der Waals surface area contributed by atoms with Crippen LogP contribution in [0.15, 0.2) is 24.3 Å². The molecule has 3 nitrogen and oxygen atoms in total. The monoisotopic (exact) mass is 278 g/mol. The van der Waals surface area contributed by atoms with Crippen LogP contribution in [-0.2, 0) is 0 Å². The van der Waals surface area contributed by atoms with Crippen LogP contribution >= 0.6 is 0 Å². The summed E-state index contributed by atoms with van der Waals surface area (Å²) in [5, 5.41) is 3.33. The summed E-state index contributed by atoms with van der Waals surface area (Å²) >= 11 is 0. The predicted molar refractivity (Wildman–Crippen MR) is 78.5 cm³/mol. The van der Waals surface area contributed by atoms with Crippen LogP contribution in [0.5, 0.6) is 0 Å². The number of Topliss-reactive ketones (excluding diaryl/α,β-unsaturated/α-hetero) is 1. The molecular formula is C16H23FN2O. The molecule has 0 amide bonds. The number of hydrogen-bond donors (Lipinski definition) is 1. The van der Waals surface area contributed by atoms with Gasteiger partial charge in [-0.25, -0.2) is 4.39 Å². The number of carbonyl (C=O) groups is 1. The molecule has 1 fully saturated rings. The molecule has 4 heteroatoms. The summed E-state index contributed by atoms with van der Waals surface area (Å²) in [6, 6.07) is 6.69. The van der Waals surface area contributed by atoms with Crippen LogP contribution in [0.25, 0.3) is 0 Å². The van der Waals surface area contributed by atoms with Crippen LogP contribution in [0.2, 0.25) is 0 Å². The maximum atomic E-state index is 13.7. The fraction of sp³-hybridized carbons (Fsp3) is 0.562. The van der Waals surface area contributed by atoms with E-state index in [0.29, 0.717) is 12.6 Å². The second kappa shape index (κ2) is 7.50. The molecule has 1 aromatic rings. The summed E-state index contributed by atoms with van der Waals surface area (Å²) in [6.45, 7) is 5.32. The molecule has 1 aromatic carbocycles. The lowest BCUT2D eigenvalue weighted by Gasteiger charge is -2.34. The van der Waals surface area contributed by atoms with Crippen molar-refractivity contribution in [2.24, 2.45) is 0 Å². The first kappa shape index (κ1) is 15.1. The molecule has 2 rings (SSSR count).